The molecule has 4 rings (SSSR count). The number of benzene rings is 3. The van der Waals surface area contributed by atoms with E-state index in [0.717, 1.165) is 0 Å². The number of rotatable bonds is 8. The number of amides is 3. The van der Waals surface area contributed by atoms with Crippen LogP contribution in [-0.4, -0.2) is 42.9 Å². The maximum Gasteiger partial charge on any atom is 0.338 e. The predicted molar refractivity (Wildman–Crippen MR) is 139 cm³/mol. The van der Waals surface area contributed by atoms with E-state index in [1.807, 2.05) is 0 Å². The fourth-order valence-corrected chi connectivity index (χ4v) is 3.95. The van der Waals surface area contributed by atoms with Crippen LogP contribution < -0.4 is 20.3 Å². The third kappa shape index (κ3) is 6.25. The van der Waals surface area contributed by atoms with Gasteiger partial charge < -0.3 is 20.1 Å². The molecule has 0 radical (unpaired) electrons. The third-order valence-electron chi connectivity index (χ3n) is 5.54. The van der Waals surface area contributed by atoms with Crippen LogP contribution in [-0.2, 0) is 19.1 Å². The van der Waals surface area contributed by atoms with Gasteiger partial charge in [0.2, 0.25) is 11.8 Å². The van der Waals surface area contributed by atoms with Crippen LogP contribution in [0.5, 0.6) is 5.75 Å². The van der Waals surface area contributed by atoms with Gasteiger partial charge in [0.1, 0.15) is 11.8 Å². The summed E-state index contributed by atoms with van der Waals surface area (Å²) in [4.78, 5) is 52.2. The number of carbonyl (C=O) groups excluding carboxylic acids is 4. The number of esters is 1. The molecule has 3 amide bonds. The fraction of sp³-hybridized carbons (Fsp3) is 0.185. The molecule has 0 saturated carbocycles. The zero-order valence-electron chi connectivity index (χ0n) is 19.9. The Morgan fingerprint density at radius 3 is 2.41 bits per heavy atom. The van der Waals surface area contributed by atoms with Gasteiger partial charge >= 0.3 is 5.97 Å². The van der Waals surface area contributed by atoms with Crippen molar-refractivity contribution in [3.05, 3.63) is 83.4 Å². The number of halogens is 1. The summed E-state index contributed by atoms with van der Waals surface area (Å²) in [7, 11) is 0. The van der Waals surface area contributed by atoms with Crippen molar-refractivity contribution in [1.82, 2.24) is 0 Å². The van der Waals surface area contributed by atoms with Crippen LogP contribution in [0.25, 0.3) is 0 Å². The Morgan fingerprint density at radius 1 is 1.00 bits per heavy atom. The van der Waals surface area contributed by atoms with E-state index in [9.17, 15) is 19.2 Å². The van der Waals surface area contributed by atoms with Crippen molar-refractivity contribution in [3.63, 3.8) is 0 Å². The molecular weight excluding hydrogens is 498 g/mol. The molecule has 1 aliphatic rings. The molecule has 2 N–H and O–H groups in total. The molecule has 0 aliphatic carbocycles. The van der Waals surface area contributed by atoms with Crippen molar-refractivity contribution in [1.29, 1.82) is 0 Å². The Hall–Kier alpha value is -4.37. The summed E-state index contributed by atoms with van der Waals surface area (Å²) < 4.78 is 10.6. The second-order valence-electron chi connectivity index (χ2n) is 8.08. The first-order valence-corrected chi connectivity index (χ1v) is 11.9. The molecule has 1 heterocycles. The zero-order chi connectivity index (χ0) is 26.4. The third-order valence-corrected chi connectivity index (χ3v) is 5.79. The Kier molecular flexibility index (Phi) is 8.05. The average molecular weight is 522 g/mol. The Labute approximate surface area is 218 Å². The molecule has 10 heteroatoms. The van der Waals surface area contributed by atoms with Crippen molar-refractivity contribution >= 4 is 52.4 Å². The first-order chi connectivity index (χ1) is 17.9. The van der Waals surface area contributed by atoms with E-state index in [1.165, 1.54) is 17.0 Å². The molecule has 0 bridgehead atoms. The van der Waals surface area contributed by atoms with Gasteiger partial charge in [-0.3, -0.25) is 19.3 Å². The van der Waals surface area contributed by atoms with Crippen molar-refractivity contribution in [2.75, 3.05) is 28.7 Å². The molecule has 0 unspecified atom stereocenters. The number of nitrogens with one attached hydrogen (secondary N) is 2. The Bertz CT molecular complexity index is 1310. The van der Waals surface area contributed by atoms with Gasteiger partial charge in [-0.25, -0.2) is 4.79 Å². The minimum atomic E-state index is -1.10. The number of para-hydroxylation sites is 2. The number of carbonyl (C=O) groups is 4. The first kappa shape index (κ1) is 25.7. The Balaban J connectivity index is 1.49. The first-order valence-electron chi connectivity index (χ1n) is 11.5. The van der Waals surface area contributed by atoms with Crippen LogP contribution in [0.1, 0.15) is 23.7 Å². The van der Waals surface area contributed by atoms with Crippen molar-refractivity contribution < 1.29 is 28.7 Å². The topological polar surface area (TPSA) is 114 Å². The van der Waals surface area contributed by atoms with E-state index in [1.54, 1.807) is 67.6 Å². The lowest BCUT2D eigenvalue weighted by Gasteiger charge is -2.36. The number of ether oxygens (including phenoxy) is 2. The lowest BCUT2D eigenvalue weighted by Crippen LogP contribution is -2.53. The lowest BCUT2D eigenvalue weighted by atomic mass is 10.0. The van der Waals surface area contributed by atoms with Gasteiger partial charge in [0, 0.05) is 10.7 Å². The normalized spacial score (nSPS) is 14.3. The average Bonchev–Trinajstić information content (AvgIpc) is 2.89. The summed E-state index contributed by atoms with van der Waals surface area (Å²) in [6, 6.07) is 18.4. The maximum absolute atomic E-state index is 13.3. The van der Waals surface area contributed by atoms with Crippen LogP contribution in [0.2, 0.25) is 5.02 Å². The lowest BCUT2D eigenvalue weighted by molar-refractivity contribution is -0.127. The van der Waals surface area contributed by atoms with Gasteiger partial charge in [0.15, 0.2) is 6.61 Å². The highest BCUT2D eigenvalue weighted by molar-refractivity contribution is 6.30. The zero-order valence-corrected chi connectivity index (χ0v) is 20.7. The molecule has 0 aromatic heterocycles. The predicted octanol–water partition coefficient (Wildman–Crippen LogP) is 4.28. The second kappa shape index (κ2) is 11.6. The minimum Gasteiger partial charge on any atom is -0.484 e. The monoisotopic (exact) mass is 521 g/mol. The van der Waals surface area contributed by atoms with E-state index in [4.69, 9.17) is 21.1 Å². The number of anilines is 3. The molecule has 3 aromatic rings. The van der Waals surface area contributed by atoms with Gasteiger partial charge in [-0.05, 0) is 67.6 Å². The van der Waals surface area contributed by atoms with Crippen molar-refractivity contribution in [3.8, 4) is 5.75 Å². The molecule has 1 atom stereocenters. The van der Waals surface area contributed by atoms with E-state index >= 15 is 0 Å². The number of hydrogen-bond acceptors (Lipinski definition) is 6. The standard InChI is InChI=1S/C27H24ClN3O6/c1-2-36-27(35)17-7-11-19(12-8-17)29-24(32)15-23-26(34)30-21-5-3-4-6-22(21)31(23)25(33)16-37-20-13-9-18(28)10-14-20/h3-14,23H,2,15-16H2,1H3,(H,29,32)(H,30,34)/t23-/m0/s1. The smallest absolute Gasteiger partial charge is 0.338 e. The summed E-state index contributed by atoms with van der Waals surface area (Å²) in [6.07, 6.45) is -0.299. The minimum absolute atomic E-state index is 0.254. The highest BCUT2D eigenvalue weighted by Crippen LogP contribution is 2.33. The highest BCUT2D eigenvalue weighted by Gasteiger charge is 2.38. The number of fused-ring (bicyclic) bond motifs is 1. The van der Waals surface area contributed by atoms with Gasteiger partial charge in [0.25, 0.3) is 5.91 Å². The Morgan fingerprint density at radius 2 is 1.70 bits per heavy atom. The second-order valence-corrected chi connectivity index (χ2v) is 8.52. The summed E-state index contributed by atoms with van der Waals surface area (Å²) in [5.41, 5.74) is 1.70. The van der Waals surface area contributed by atoms with E-state index < -0.39 is 29.7 Å². The molecule has 37 heavy (non-hydrogen) atoms. The molecule has 9 nitrogen and oxygen atoms in total. The summed E-state index contributed by atoms with van der Waals surface area (Å²) in [5, 5.41) is 5.99. The number of nitrogens with zero attached hydrogens (tertiary/aromatic N) is 1. The molecule has 0 saturated heterocycles. The summed E-state index contributed by atoms with van der Waals surface area (Å²) in [5.74, 6) is -1.50. The van der Waals surface area contributed by atoms with Crippen LogP contribution in [0.3, 0.4) is 0 Å². The largest absolute Gasteiger partial charge is 0.484 e. The quantitative estimate of drug-likeness (QED) is 0.428. The molecule has 0 spiro atoms. The molecule has 1 aliphatic heterocycles. The van der Waals surface area contributed by atoms with Crippen LogP contribution >= 0.6 is 11.6 Å². The van der Waals surface area contributed by atoms with Gasteiger partial charge in [-0.15, -0.1) is 0 Å². The van der Waals surface area contributed by atoms with Crippen LogP contribution in [0, 0.1) is 0 Å². The van der Waals surface area contributed by atoms with Crippen LogP contribution in [0.15, 0.2) is 72.8 Å². The molecular formula is C27H24ClN3O6. The van der Waals surface area contributed by atoms with Gasteiger partial charge in [-0.2, -0.15) is 0 Å². The fourth-order valence-electron chi connectivity index (χ4n) is 3.82. The molecule has 190 valence electrons. The van der Waals surface area contributed by atoms with Gasteiger partial charge in [0.05, 0.1) is 30.0 Å². The summed E-state index contributed by atoms with van der Waals surface area (Å²) in [6.45, 7) is 1.62. The van der Waals surface area contributed by atoms with Gasteiger partial charge in [-0.1, -0.05) is 23.7 Å². The SMILES string of the molecule is CCOC(=O)c1ccc(NC(=O)C[C@H]2C(=O)Nc3ccccc3N2C(=O)COc2ccc(Cl)cc2)cc1. The van der Waals surface area contributed by atoms with E-state index in [2.05, 4.69) is 10.6 Å². The van der Waals surface area contributed by atoms with Crippen molar-refractivity contribution in [2.24, 2.45) is 0 Å². The van der Waals surface area contributed by atoms with E-state index in [-0.39, 0.29) is 19.6 Å². The summed E-state index contributed by atoms with van der Waals surface area (Å²) >= 11 is 5.89. The molecule has 0 fully saturated rings. The number of hydrogen-bond donors (Lipinski definition) is 2. The molecule has 3 aromatic carbocycles. The highest BCUT2D eigenvalue weighted by atomic mass is 35.5. The van der Waals surface area contributed by atoms with Crippen LogP contribution in [0.4, 0.5) is 17.1 Å². The van der Waals surface area contributed by atoms with Crippen molar-refractivity contribution in [2.45, 2.75) is 19.4 Å². The van der Waals surface area contributed by atoms with E-state index in [0.29, 0.717) is 33.4 Å². The maximum atomic E-state index is 13.3.